The Morgan fingerprint density at radius 2 is 2.26 bits per heavy atom. The van der Waals surface area contributed by atoms with Crippen LogP contribution in [0.15, 0.2) is 30.9 Å². The largest absolute Gasteiger partial charge is 0.395 e. The van der Waals surface area contributed by atoms with Crippen LogP contribution >= 0.6 is 11.6 Å². The van der Waals surface area contributed by atoms with Crippen LogP contribution in [0.2, 0.25) is 5.02 Å². The minimum atomic E-state index is -0.650. The number of benzene rings is 1. The van der Waals surface area contributed by atoms with Crippen LogP contribution in [0.4, 0.5) is 5.69 Å². The summed E-state index contributed by atoms with van der Waals surface area (Å²) in [6.07, 6.45) is 1.50. The lowest BCUT2D eigenvalue weighted by atomic mass is 10.1. The van der Waals surface area contributed by atoms with Gasteiger partial charge in [0.2, 0.25) is 0 Å². The normalized spacial score (nSPS) is 10.0. The molecule has 0 aromatic heterocycles. The SMILES string of the molecule is C=CCN(CCO)C(=O)c1cccc([N+](=O)[O-])c1Cl. The van der Waals surface area contributed by atoms with Crippen molar-refractivity contribution < 1.29 is 14.8 Å². The summed E-state index contributed by atoms with van der Waals surface area (Å²) >= 11 is 5.87. The molecule has 0 radical (unpaired) electrons. The molecule has 0 aliphatic carbocycles. The van der Waals surface area contributed by atoms with Crippen molar-refractivity contribution in [1.29, 1.82) is 0 Å². The number of rotatable bonds is 6. The van der Waals surface area contributed by atoms with E-state index >= 15 is 0 Å². The third kappa shape index (κ3) is 3.52. The molecule has 0 heterocycles. The molecule has 0 saturated carbocycles. The third-order valence-corrected chi connectivity index (χ3v) is 2.81. The predicted molar refractivity (Wildman–Crippen MR) is 71.3 cm³/mol. The van der Waals surface area contributed by atoms with Crippen LogP contribution in [0.1, 0.15) is 10.4 Å². The second-order valence-electron chi connectivity index (χ2n) is 3.66. The first-order chi connectivity index (χ1) is 9.02. The molecule has 0 unspecified atom stereocenters. The standard InChI is InChI=1S/C12H13ClN2O4/c1-2-6-14(7-8-16)12(17)9-4-3-5-10(11(9)13)15(18)19/h2-5,16H,1,6-8H2. The third-order valence-electron chi connectivity index (χ3n) is 2.41. The number of hydrogen-bond acceptors (Lipinski definition) is 4. The maximum Gasteiger partial charge on any atom is 0.288 e. The van der Waals surface area contributed by atoms with Crippen molar-refractivity contribution in [3.63, 3.8) is 0 Å². The van der Waals surface area contributed by atoms with Gasteiger partial charge in [0.05, 0.1) is 17.1 Å². The molecule has 19 heavy (non-hydrogen) atoms. The van der Waals surface area contributed by atoms with Crippen molar-refractivity contribution in [1.82, 2.24) is 4.90 Å². The lowest BCUT2D eigenvalue weighted by molar-refractivity contribution is -0.384. The van der Waals surface area contributed by atoms with E-state index in [1.165, 1.54) is 29.2 Å². The average molecular weight is 285 g/mol. The molecular weight excluding hydrogens is 272 g/mol. The van der Waals surface area contributed by atoms with Crippen LogP contribution in [0, 0.1) is 10.1 Å². The molecule has 0 aliphatic heterocycles. The van der Waals surface area contributed by atoms with Gasteiger partial charge in [0.25, 0.3) is 11.6 Å². The zero-order valence-corrected chi connectivity index (χ0v) is 10.8. The molecular formula is C12H13ClN2O4. The first-order valence-corrected chi connectivity index (χ1v) is 5.84. The van der Waals surface area contributed by atoms with Gasteiger partial charge in [-0.15, -0.1) is 6.58 Å². The molecule has 1 amide bonds. The number of nitro benzene ring substituents is 1. The van der Waals surface area contributed by atoms with E-state index in [1.807, 2.05) is 0 Å². The molecule has 0 saturated heterocycles. The van der Waals surface area contributed by atoms with Gasteiger partial charge in [-0.25, -0.2) is 0 Å². The molecule has 0 bridgehead atoms. The molecule has 102 valence electrons. The molecule has 0 aliphatic rings. The van der Waals surface area contributed by atoms with Crippen LogP contribution in [-0.4, -0.2) is 40.5 Å². The highest BCUT2D eigenvalue weighted by atomic mass is 35.5. The Morgan fingerprint density at radius 1 is 1.58 bits per heavy atom. The second kappa shape index (κ2) is 6.86. The predicted octanol–water partition coefficient (Wildman–Crippen LogP) is 1.87. The van der Waals surface area contributed by atoms with E-state index in [4.69, 9.17) is 16.7 Å². The monoisotopic (exact) mass is 284 g/mol. The fourth-order valence-corrected chi connectivity index (χ4v) is 1.82. The van der Waals surface area contributed by atoms with Crippen LogP contribution in [-0.2, 0) is 0 Å². The molecule has 0 atom stereocenters. The Hall–Kier alpha value is -1.92. The Morgan fingerprint density at radius 3 is 2.79 bits per heavy atom. The van der Waals surface area contributed by atoms with Gasteiger partial charge in [0.1, 0.15) is 5.02 Å². The molecule has 0 spiro atoms. The van der Waals surface area contributed by atoms with Crippen LogP contribution in [0.25, 0.3) is 0 Å². The first kappa shape index (κ1) is 15.1. The van der Waals surface area contributed by atoms with E-state index in [9.17, 15) is 14.9 Å². The van der Waals surface area contributed by atoms with Gasteiger partial charge >= 0.3 is 0 Å². The topological polar surface area (TPSA) is 83.7 Å². The Bertz CT molecular complexity index is 505. The number of aliphatic hydroxyl groups excluding tert-OH is 1. The quantitative estimate of drug-likeness (QED) is 0.491. The summed E-state index contributed by atoms with van der Waals surface area (Å²) < 4.78 is 0. The highest BCUT2D eigenvalue weighted by molar-refractivity contribution is 6.35. The zero-order chi connectivity index (χ0) is 14.4. The summed E-state index contributed by atoms with van der Waals surface area (Å²) in [5.41, 5.74) is -0.291. The Balaban J connectivity index is 3.14. The smallest absolute Gasteiger partial charge is 0.288 e. The number of hydrogen-bond donors (Lipinski definition) is 1. The van der Waals surface area contributed by atoms with E-state index in [0.29, 0.717) is 0 Å². The van der Waals surface area contributed by atoms with Crippen molar-refractivity contribution in [2.45, 2.75) is 0 Å². The minimum absolute atomic E-state index is 0.0335. The summed E-state index contributed by atoms with van der Waals surface area (Å²) in [5.74, 6) is -0.484. The number of carbonyl (C=O) groups excluding carboxylic acids is 1. The lowest BCUT2D eigenvalue weighted by Crippen LogP contribution is -2.33. The van der Waals surface area contributed by atoms with Crippen molar-refractivity contribution in [3.8, 4) is 0 Å². The fraction of sp³-hybridized carbons (Fsp3) is 0.250. The molecule has 1 rings (SSSR count). The van der Waals surface area contributed by atoms with Crippen LogP contribution in [0.5, 0.6) is 0 Å². The number of nitrogens with zero attached hydrogens (tertiary/aromatic N) is 2. The maximum absolute atomic E-state index is 12.2. The van der Waals surface area contributed by atoms with E-state index in [1.54, 1.807) is 0 Å². The lowest BCUT2D eigenvalue weighted by Gasteiger charge is -2.20. The molecule has 1 aromatic rings. The van der Waals surface area contributed by atoms with Gasteiger partial charge < -0.3 is 10.0 Å². The highest BCUT2D eigenvalue weighted by Gasteiger charge is 2.23. The molecule has 1 aromatic carbocycles. The number of nitro groups is 1. The van der Waals surface area contributed by atoms with E-state index in [-0.39, 0.29) is 36.0 Å². The van der Waals surface area contributed by atoms with Crippen LogP contribution in [0.3, 0.4) is 0 Å². The first-order valence-electron chi connectivity index (χ1n) is 5.46. The molecule has 1 N–H and O–H groups in total. The number of carbonyl (C=O) groups is 1. The fourth-order valence-electron chi connectivity index (χ4n) is 1.55. The van der Waals surface area contributed by atoms with E-state index in [2.05, 4.69) is 6.58 Å². The average Bonchev–Trinajstić information content (AvgIpc) is 2.37. The maximum atomic E-state index is 12.2. The summed E-state index contributed by atoms with van der Waals surface area (Å²) in [6.45, 7) is 3.62. The van der Waals surface area contributed by atoms with Gasteiger partial charge in [-0.3, -0.25) is 14.9 Å². The minimum Gasteiger partial charge on any atom is -0.395 e. The summed E-state index contributed by atoms with van der Waals surface area (Å²) in [6, 6.07) is 4.02. The van der Waals surface area contributed by atoms with Crippen molar-refractivity contribution >= 4 is 23.2 Å². The molecule has 6 nitrogen and oxygen atoms in total. The van der Waals surface area contributed by atoms with Gasteiger partial charge in [0.15, 0.2) is 0 Å². The Labute approximate surface area is 115 Å². The van der Waals surface area contributed by atoms with Crippen molar-refractivity contribution in [2.24, 2.45) is 0 Å². The summed E-state index contributed by atoms with van der Waals surface area (Å²) in [5, 5.41) is 19.5. The summed E-state index contributed by atoms with van der Waals surface area (Å²) in [7, 11) is 0. The second-order valence-corrected chi connectivity index (χ2v) is 4.04. The molecule has 7 heteroatoms. The number of amides is 1. The van der Waals surface area contributed by atoms with E-state index in [0.717, 1.165) is 0 Å². The van der Waals surface area contributed by atoms with Crippen molar-refractivity contribution in [3.05, 3.63) is 51.6 Å². The highest BCUT2D eigenvalue weighted by Crippen LogP contribution is 2.28. The summed E-state index contributed by atoms with van der Waals surface area (Å²) in [4.78, 5) is 23.6. The van der Waals surface area contributed by atoms with Gasteiger partial charge in [-0.2, -0.15) is 0 Å². The van der Waals surface area contributed by atoms with Crippen molar-refractivity contribution in [2.75, 3.05) is 19.7 Å². The number of aliphatic hydroxyl groups is 1. The van der Waals surface area contributed by atoms with Gasteiger partial charge in [0, 0.05) is 19.2 Å². The number of halogens is 1. The van der Waals surface area contributed by atoms with Gasteiger partial charge in [-0.1, -0.05) is 23.7 Å². The zero-order valence-electron chi connectivity index (χ0n) is 10.1. The van der Waals surface area contributed by atoms with Gasteiger partial charge in [-0.05, 0) is 6.07 Å². The Kier molecular flexibility index (Phi) is 5.47. The van der Waals surface area contributed by atoms with Crippen LogP contribution < -0.4 is 0 Å². The molecule has 0 fully saturated rings. The van der Waals surface area contributed by atoms with E-state index < -0.39 is 10.8 Å².